The summed E-state index contributed by atoms with van der Waals surface area (Å²) in [6.07, 6.45) is 0. The fourth-order valence-electron chi connectivity index (χ4n) is 1.70. The SMILES string of the molecule is COC(=O)C(NC(=O)c1ccccc1OC(F)F)C(C)C. The quantitative estimate of drug-likeness (QED) is 0.818. The standard InChI is InChI=1S/C14H17F2NO4/c1-8(2)11(13(19)20-3)17-12(18)9-6-4-5-7-10(9)21-14(15)16/h4-8,11,14H,1-3H3,(H,17,18). The molecule has 1 unspecified atom stereocenters. The van der Waals surface area contributed by atoms with Crippen molar-refractivity contribution in [2.45, 2.75) is 26.5 Å². The van der Waals surface area contributed by atoms with Crippen molar-refractivity contribution in [1.82, 2.24) is 5.32 Å². The van der Waals surface area contributed by atoms with Gasteiger partial charge in [-0.05, 0) is 18.1 Å². The van der Waals surface area contributed by atoms with Gasteiger partial charge < -0.3 is 14.8 Å². The number of halogens is 2. The van der Waals surface area contributed by atoms with Crippen molar-refractivity contribution in [2.24, 2.45) is 5.92 Å². The lowest BCUT2D eigenvalue weighted by atomic mass is 10.0. The normalized spacial score (nSPS) is 12.1. The highest BCUT2D eigenvalue weighted by Crippen LogP contribution is 2.20. The molecule has 21 heavy (non-hydrogen) atoms. The first-order valence-electron chi connectivity index (χ1n) is 6.29. The molecule has 0 spiro atoms. The van der Waals surface area contributed by atoms with Crippen LogP contribution in [-0.2, 0) is 9.53 Å². The van der Waals surface area contributed by atoms with Crippen molar-refractivity contribution in [3.63, 3.8) is 0 Å². The average molecular weight is 301 g/mol. The molecule has 0 heterocycles. The molecule has 1 atom stereocenters. The van der Waals surface area contributed by atoms with E-state index in [4.69, 9.17) is 0 Å². The molecule has 1 rings (SSSR count). The molecule has 0 radical (unpaired) electrons. The number of methoxy groups -OCH3 is 1. The van der Waals surface area contributed by atoms with Crippen LogP contribution in [0.1, 0.15) is 24.2 Å². The second-order valence-electron chi connectivity index (χ2n) is 4.59. The third-order valence-electron chi connectivity index (χ3n) is 2.76. The summed E-state index contributed by atoms with van der Waals surface area (Å²) in [5.41, 5.74) is -0.0765. The van der Waals surface area contributed by atoms with Crippen molar-refractivity contribution < 1.29 is 27.8 Å². The Labute approximate surface area is 121 Å². The molecule has 0 aliphatic heterocycles. The van der Waals surface area contributed by atoms with Gasteiger partial charge in [0.05, 0.1) is 12.7 Å². The zero-order valence-corrected chi connectivity index (χ0v) is 11.9. The molecule has 0 saturated heterocycles. The Morgan fingerprint density at radius 1 is 1.19 bits per heavy atom. The summed E-state index contributed by atoms with van der Waals surface area (Å²) in [6.45, 7) is 0.410. The lowest BCUT2D eigenvalue weighted by molar-refractivity contribution is -0.144. The first-order valence-corrected chi connectivity index (χ1v) is 6.29. The van der Waals surface area contributed by atoms with Gasteiger partial charge in [0.25, 0.3) is 5.91 Å². The van der Waals surface area contributed by atoms with Gasteiger partial charge in [-0.3, -0.25) is 4.79 Å². The van der Waals surface area contributed by atoms with Crippen molar-refractivity contribution in [3.05, 3.63) is 29.8 Å². The monoisotopic (exact) mass is 301 g/mol. The van der Waals surface area contributed by atoms with E-state index < -0.39 is 24.5 Å². The Morgan fingerprint density at radius 2 is 1.81 bits per heavy atom. The first kappa shape index (κ1) is 16.9. The van der Waals surface area contributed by atoms with E-state index in [1.165, 1.54) is 31.4 Å². The van der Waals surface area contributed by atoms with E-state index in [0.717, 1.165) is 0 Å². The summed E-state index contributed by atoms with van der Waals surface area (Å²) in [5.74, 6) is -1.76. The van der Waals surface area contributed by atoms with E-state index >= 15 is 0 Å². The average Bonchev–Trinajstić information content (AvgIpc) is 2.43. The molecule has 1 aromatic rings. The molecule has 0 aliphatic carbocycles. The molecule has 0 bridgehead atoms. The van der Waals surface area contributed by atoms with Crippen LogP contribution in [-0.4, -0.2) is 31.6 Å². The number of carbonyl (C=O) groups is 2. The van der Waals surface area contributed by atoms with E-state index in [2.05, 4.69) is 14.8 Å². The molecule has 116 valence electrons. The van der Waals surface area contributed by atoms with E-state index in [-0.39, 0.29) is 17.2 Å². The molecular weight excluding hydrogens is 284 g/mol. The number of ether oxygens (including phenoxy) is 2. The number of hydrogen-bond acceptors (Lipinski definition) is 4. The summed E-state index contributed by atoms with van der Waals surface area (Å²) in [7, 11) is 1.21. The Kier molecular flexibility index (Phi) is 6.08. The maximum atomic E-state index is 12.3. The number of nitrogens with one attached hydrogen (secondary N) is 1. The maximum Gasteiger partial charge on any atom is 0.387 e. The summed E-state index contributed by atoms with van der Waals surface area (Å²) >= 11 is 0. The van der Waals surface area contributed by atoms with Crippen LogP contribution in [0.5, 0.6) is 5.75 Å². The number of hydrogen-bond donors (Lipinski definition) is 1. The van der Waals surface area contributed by atoms with Gasteiger partial charge >= 0.3 is 12.6 Å². The number of esters is 1. The zero-order valence-electron chi connectivity index (χ0n) is 11.9. The zero-order chi connectivity index (χ0) is 16.0. The summed E-state index contributed by atoms with van der Waals surface area (Å²) in [5, 5.41) is 2.46. The number of rotatable bonds is 6. The van der Waals surface area contributed by atoms with Gasteiger partial charge in [0.15, 0.2) is 0 Å². The van der Waals surface area contributed by atoms with Gasteiger partial charge in [-0.2, -0.15) is 8.78 Å². The largest absolute Gasteiger partial charge is 0.467 e. The third-order valence-corrected chi connectivity index (χ3v) is 2.76. The molecule has 0 aromatic heterocycles. The molecule has 7 heteroatoms. The minimum Gasteiger partial charge on any atom is -0.467 e. The molecule has 1 aromatic carbocycles. The van der Waals surface area contributed by atoms with Crippen LogP contribution in [0.15, 0.2) is 24.3 Å². The van der Waals surface area contributed by atoms with E-state index in [1.807, 2.05) is 0 Å². The highest BCUT2D eigenvalue weighted by atomic mass is 19.3. The van der Waals surface area contributed by atoms with Crippen LogP contribution in [0.4, 0.5) is 8.78 Å². The Hall–Kier alpha value is -2.18. The van der Waals surface area contributed by atoms with E-state index in [0.29, 0.717) is 0 Å². The maximum absolute atomic E-state index is 12.3. The molecule has 0 aliphatic rings. The molecule has 1 N–H and O–H groups in total. The summed E-state index contributed by atoms with van der Waals surface area (Å²) in [6, 6.07) is 4.69. The predicted molar refractivity (Wildman–Crippen MR) is 71.2 cm³/mol. The molecule has 0 fully saturated rings. The van der Waals surface area contributed by atoms with Crippen LogP contribution >= 0.6 is 0 Å². The molecule has 5 nitrogen and oxygen atoms in total. The lowest BCUT2D eigenvalue weighted by Gasteiger charge is -2.20. The summed E-state index contributed by atoms with van der Waals surface area (Å²) < 4.78 is 33.5. The molecule has 1 amide bonds. The number of amides is 1. The second-order valence-corrected chi connectivity index (χ2v) is 4.59. The van der Waals surface area contributed by atoms with Gasteiger partial charge in [0, 0.05) is 0 Å². The Balaban J connectivity index is 2.95. The Bertz CT molecular complexity index is 506. The highest BCUT2D eigenvalue weighted by Gasteiger charge is 2.26. The third kappa shape index (κ3) is 4.70. The Morgan fingerprint density at radius 3 is 2.33 bits per heavy atom. The van der Waals surface area contributed by atoms with Gasteiger partial charge in [-0.25, -0.2) is 4.79 Å². The van der Waals surface area contributed by atoms with E-state index in [9.17, 15) is 18.4 Å². The minimum absolute atomic E-state index is 0.0765. The van der Waals surface area contributed by atoms with Gasteiger partial charge in [0.1, 0.15) is 11.8 Å². The van der Waals surface area contributed by atoms with Crippen LogP contribution in [0, 0.1) is 5.92 Å². The van der Waals surface area contributed by atoms with Crippen LogP contribution < -0.4 is 10.1 Å². The predicted octanol–water partition coefficient (Wildman–Crippen LogP) is 2.22. The van der Waals surface area contributed by atoms with Gasteiger partial charge in [-0.15, -0.1) is 0 Å². The lowest BCUT2D eigenvalue weighted by Crippen LogP contribution is -2.45. The van der Waals surface area contributed by atoms with Crippen molar-refractivity contribution in [1.29, 1.82) is 0 Å². The number of carbonyl (C=O) groups excluding carboxylic acids is 2. The van der Waals surface area contributed by atoms with Crippen molar-refractivity contribution in [3.8, 4) is 5.75 Å². The smallest absolute Gasteiger partial charge is 0.387 e. The van der Waals surface area contributed by atoms with Crippen LogP contribution in [0.25, 0.3) is 0 Å². The van der Waals surface area contributed by atoms with Crippen molar-refractivity contribution in [2.75, 3.05) is 7.11 Å². The van der Waals surface area contributed by atoms with Crippen LogP contribution in [0.2, 0.25) is 0 Å². The number of alkyl halides is 2. The van der Waals surface area contributed by atoms with Crippen LogP contribution in [0.3, 0.4) is 0 Å². The fraction of sp³-hybridized carbons (Fsp3) is 0.429. The van der Waals surface area contributed by atoms with Crippen molar-refractivity contribution >= 4 is 11.9 Å². The van der Waals surface area contributed by atoms with Gasteiger partial charge in [-0.1, -0.05) is 26.0 Å². The number of para-hydroxylation sites is 1. The minimum atomic E-state index is -3.04. The topological polar surface area (TPSA) is 64.6 Å². The molecule has 0 saturated carbocycles. The first-order chi connectivity index (χ1) is 9.86. The fourth-order valence-corrected chi connectivity index (χ4v) is 1.70. The summed E-state index contributed by atoms with van der Waals surface area (Å²) in [4.78, 5) is 23.7. The van der Waals surface area contributed by atoms with E-state index in [1.54, 1.807) is 13.8 Å². The second kappa shape index (κ2) is 7.56. The number of benzene rings is 1. The highest BCUT2D eigenvalue weighted by molar-refractivity contribution is 5.99. The van der Waals surface area contributed by atoms with Gasteiger partial charge in [0.2, 0.25) is 0 Å². The molecular formula is C14H17F2NO4.